The van der Waals surface area contributed by atoms with E-state index in [0.29, 0.717) is 42.3 Å². The van der Waals surface area contributed by atoms with Gasteiger partial charge in [-0.25, -0.2) is 4.39 Å². The number of anilines is 2. The van der Waals surface area contributed by atoms with Crippen LogP contribution < -0.4 is 9.80 Å². The van der Waals surface area contributed by atoms with Crippen LogP contribution in [0.4, 0.5) is 15.8 Å². The van der Waals surface area contributed by atoms with Gasteiger partial charge in [0.1, 0.15) is 23.3 Å². The van der Waals surface area contributed by atoms with E-state index in [4.69, 9.17) is 9.26 Å². The Kier molecular flexibility index (Phi) is 3.66. The van der Waals surface area contributed by atoms with Crippen LogP contribution in [-0.4, -0.2) is 40.8 Å². The van der Waals surface area contributed by atoms with E-state index in [-0.39, 0.29) is 11.6 Å². The summed E-state index contributed by atoms with van der Waals surface area (Å²) in [4.78, 5) is 26.0. The van der Waals surface area contributed by atoms with E-state index in [1.54, 1.807) is 23.4 Å². The molecule has 1 aromatic carbocycles. The highest BCUT2D eigenvalue weighted by atomic mass is 19.1. The molecule has 0 bridgehead atoms. The summed E-state index contributed by atoms with van der Waals surface area (Å²) < 4.78 is 26.4. The Bertz CT molecular complexity index is 1060. The molecule has 1 aliphatic carbocycles. The first-order valence-electron chi connectivity index (χ1n) is 10.4. The van der Waals surface area contributed by atoms with E-state index in [9.17, 15) is 9.18 Å². The van der Waals surface area contributed by atoms with Gasteiger partial charge in [0.2, 0.25) is 0 Å². The second kappa shape index (κ2) is 6.10. The van der Waals surface area contributed by atoms with Gasteiger partial charge in [0.05, 0.1) is 12.0 Å². The zero-order valence-corrected chi connectivity index (χ0v) is 16.8. The molecule has 5 atom stereocenters. The molecule has 5 unspecified atom stereocenters. The Morgan fingerprint density at radius 2 is 2.17 bits per heavy atom. The second-order valence-electron chi connectivity index (χ2n) is 8.78. The zero-order chi connectivity index (χ0) is 20.6. The maximum Gasteiger partial charge on any atom is 0.255 e. The quantitative estimate of drug-likeness (QED) is 0.772. The summed E-state index contributed by atoms with van der Waals surface area (Å²) in [7, 11) is 0. The lowest BCUT2D eigenvalue weighted by Gasteiger charge is -2.45. The van der Waals surface area contributed by atoms with Gasteiger partial charge in [-0.2, -0.15) is 4.98 Å². The number of rotatable bonds is 3. The molecule has 156 valence electrons. The molecule has 3 aliphatic heterocycles. The van der Waals surface area contributed by atoms with Crippen LogP contribution in [0.2, 0.25) is 0 Å². The highest BCUT2D eigenvalue weighted by Gasteiger charge is 2.54. The number of halogens is 1. The number of amides is 1. The van der Waals surface area contributed by atoms with Crippen molar-refractivity contribution in [1.82, 2.24) is 10.1 Å². The van der Waals surface area contributed by atoms with Crippen molar-refractivity contribution in [2.75, 3.05) is 16.4 Å². The number of aliphatic imine (C=N–C) groups is 1. The minimum absolute atomic E-state index is 0.230. The average molecular weight is 411 g/mol. The molecular weight excluding hydrogens is 389 g/mol. The van der Waals surface area contributed by atoms with Gasteiger partial charge in [0.15, 0.2) is 11.9 Å². The summed E-state index contributed by atoms with van der Waals surface area (Å²) in [6, 6.07) is 3.44. The summed E-state index contributed by atoms with van der Waals surface area (Å²) >= 11 is 0. The molecule has 1 saturated heterocycles. The Morgan fingerprint density at radius 1 is 1.33 bits per heavy atom. The van der Waals surface area contributed by atoms with E-state index < -0.39 is 23.6 Å². The highest BCUT2D eigenvalue weighted by Crippen LogP contribution is 2.49. The number of para-hydroxylation sites is 1. The van der Waals surface area contributed by atoms with Crippen LogP contribution in [0.15, 0.2) is 27.7 Å². The number of carbonyl (C=O) groups excluding carboxylic acids is 1. The minimum atomic E-state index is -0.906. The van der Waals surface area contributed by atoms with Gasteiger partial charge in [-0.3, -0.25) is 14.7 Å². The van der Waals surface area contributed by atoms with E-state index in [2.05, 4.69) is 22.1 Å². The van der Waals surface area contributed by atoms with E-state index >= 15 is 0 Å². The molecule has 2 fully saturated rings. The van der Waals surface area contributed by atoms with Crippen LogP contribution in [0, 0.1) is 11.7 Å². The molecular formula is C21H22FN5O3. The summed E-state index contributed by atoms with van der Waals surface area (Å²) in [5.74, 6) is 1.10. The number of aromatic nitrogens is 2. The largest absolute Gasteiger partial charge is 0.355 e. The van der Waals surface area contributed by atoms with E-state index in [1.807, 2.05) is 6.92 Å². The predicted molar refractivity (Wildman–Crippen MR) is 106 cm³/mol. The first kappa shape index (κ1) is 18.0. The fraction of sp³-hybridized carbons (Fsp3) is 0.524. The predicted octanol–water partition coefficient (Wildman–Crippen LogP) is 3.16. The first-order valence-corrected chi connectivity index (χ1v) is 10.4. The number of benzene rings is 1. The third kappa shape index (κ3) is 2.41. The van der Waals surface area contributed by atoms with Crippen LogP contribution in [0.25, 0.3) is 0 Å². The topological polar surface area (TPSA) is 84.1 Å². The lowest BCUT2D eigenvalue weighted by Crippen LogP contribution is -2.60. The smallest absolute Gasteiger partial charge is 0.255 e. The lowest BCUT2D eigenvalue weighted by molar-refractivity contribution is -0.125. The molecule has 1 aromatic heterocycles. The molecule has 6 rings (SSSR count). The monoisotopic (exact) mass is 411 g/mol. The van der Waals surface area contributed by atoms with Gasteiger partial charge in [-0.05, 0) is 44.2 Å². The molecule has 2 aromatic rings. The number of ether oxygens (including phenoxy) is 1. The maximum atomic E-state index is 15.0. The van der Waals surface area contributed by atoms with Crippen molar-refractivity contribution in [2.24, 2.45) is 10.9 Å². The third-order valence-electron chi connectivity index (χ3n) is 6.71. The van der Waals surface area contributed by atoms with Crippen molar-refractivity contribution >= 4 is 23.6 Å². The Hall–Kier alpha value is -2.81. The van der Waals surface area contributed by atoms with Gasteiger partial charge in [-0.1, -0.05) is 18.1 Å². The van der Waals surface area contributed by atoms with E-state index in [1.165, 1.54) is 11.0 Å². The Labute approximate surface area is 172 Å². The van der Waals surface area contributed by atoms with Crippen molar-refractivity contribution in [2.45, 2.75) is 56.8 Å². The zero-order valence-electron chi connectivity index (χ0n) is 16.8. The van der Waals surface area contributed by atoms with Gasteiger partial charge in [-0.15, -0.1) is 0 Å². The third-order valence-corrected chi connectivity index (χ3v) is 6.71. The fourth-order valence-electron chi connectivity index (χ4n) is 4.90. The Balaban J connectivity index is 1.43. The molecule has 4 heterocycles. The van der Waals surface area contributed by atoms with Gasteiger partial charge in [0, 0.05) is 12.5 Å². The van der Waals surface area contributed by atoms with Crippen LogP contribution in [0.3, 0.4) is 0 Å². The summed E-state index contributed by atoms with van der Waals surface area (Å²) in [5.41, 5.74) is -0.0946. The fourth-order valence-corrected chi connectivity index (χ4v) is 4.90. The van der Waals surface area contributed by atoms with Crippen LogP contribution >= 0.6 is 0 Å². The van der Waals surface area contributed by atoms with Crippen LogP contribution in [0.1, 0.15) is 56.8 Å². The van der Waals surface area contributed by atoms with Crippen LogP contribution in [-0.2, 0) is 9.53 Å². The SMILES string of the molecule is CC1CC1c1noc(C2N=CN3c4cccc(F)c4N(C4(C)CCCO4)C(=O)C23)n1. The minimum Gasteiger partial charge on any atom is -0.355 e. The number of nitrogens with zero attached hydrogens (tertiary/aromatic N) is 5. The number of hydrogen-bond acceptors (Lipinski definition) is 7. The van der Waals surface area contributed by atoms with Crippen molar-refractivity contribution in [3.63, 3.8) is 0 Å². The number of hydrogen-bond donors (Lipinski definition) is 0. The summed E-state index contributed by atoms with van der Waals surface area (Å²) in [6.07, 6.45) is 4.06. The molecule has 0 N–H and O–H groups in total. The average Bonchev–Trinajstić information content (AvgIpc) is 3.17. The number of fused-ring (bicyclic) bond motifs is 3. The molecule has 1 amide bonds. The molecule has 4 aliphatic rings. The normalized spacial score (nSPS) is 34.4. The van der Waals surface area contributed by atoms with Crippen molar-refractivity contribution in [1.29, 1.82) is 0 Å². The van der Waals surface area contributed by atoms with E-state index in [0.717, 1.165) is 12.8 Å². The molecule has 30 heavy (non-hydrogen) atoms. The Morgan fingerprint density at radius 3 is 2.90 bits per heavy atom. The maximum absolute atomic E-state index is 15.0. The lowest BCUT2D eigenvalue weighted by atomic mass is 9.97. The second-order valence-corrected chi connectivity index (χ2v) is 8.78. The van der Waals surface area contributed by atoms with Crippen molar-refractivity contribution in [3.05, 3.63) is 35.7 Å². The molecule has 0 radical (unpaired) electrons. The molecule has 0 spiro atoms. The van der Waals surface area contributed by atoms with Crippen LogP contribution in [0.5, 0.6) is 0 Å². The summed E-state index contributed by atoms with van der Waals surface area (Å²) in [5, 5.41) is 4.12. The molecule has 8 nitrogen and oxygen atoms in total. The van der Waals surface area contributed by atoms with Crippen molar-refractivity contribution < 1.29 is 18.4 Å². The highest BCUT2D eigenvalue weighted by molar-refractivity contribution is 6.12. The number of carbonyl (C=O) groups is 1. The van der Waals surface area contributed by atoms with Crippen molar-refractivity contribution in [3.8, 4) is 0 Å². The standard InChI is InChI=1S/C21H22FN5O3/c1-11-9-12(11)18-24-19(30-25-18)15-17-20(28)27(21(2)7-4-8-29-21)16-13(22)5-3-6-14(16)26(17)10-23-15/h3,5-6,10-12,15,17H,4,7-9H2,1-2H3. The van der Waals surface area contributed by atoms with Gasteiger partial charge in [0.25, 0.3) is 11.8 Å². The van der Waals surface area contributed by atoms with Gasteiger partial charge >= 0.3 is 0 Å². The molecule has 9 heteroatoms. The molecule has 1 saturated carbocycles. The van der Waals surface area contributed by atoms with Gasteiger partial charge < -0.3 is 14.2 Å². The summed E-state index contributed by atoms with van der Waals surface area (Å²) in [6.45, 7) is 4.52. The first-order chi connectivity index (χ1) is 14.5.